The first-order valence-electron chi connectivity index (χ1n) is 6.48. The van der Waals surface area contributed by atoms with Crippen molar-refractivity contribution in [3.05, 3.63) is 28.3 Å². The van der Waals surface area contributed by atoms with E-state index in [1.807, 2.05) is 6.07 Å². The molecule has 0 aromatic heterocycles. The first-order valence-corrected chi connectivity index (χ1v) is 6.86. The van der Waals surface area contributed by atoms with Gasteiger partial charge in [-0.25, -0.2) is 0 Å². The Labute approximate surface area is 116 Å². The molecule has 1 rings (SSSR count). The first kappa shape index (κ1) is 15.4. The van der Waals surface area contributed by atoms with Crippen LogP contribution in [0.1, 0.15) is 52.7 Å². The van der Waals surface area contributed by atoms with Crippen molar-refractivity contribution in [2.45, 2.75) is 54.4 Å². The molecule has 0 fully saturated rings. The van der Waals surface area contributed by atoms with Gasteiger partial charge in [0, 0.05) is 0 Å². The summed E-state index contributed by atoms with van der Waals surface area (Å²) < 4.78 is 0. The zero-order valence-electron chi connectivity index (χ0n) is 12.4. The standard InChI is InChI=1S/C16H25ClO/c1-15(2,3)9-11-7-12(10-16(4,5)6)14(18)13(17)8-11/h7-8,18H,9-10H2,1-6H3. The van der Waals surface area contributed by atoms with Crippen molar-refractivity contribution in [2.24, 2.45) is 10.8 Å². The molecule has 2 heteroatoms. The third kappa shape index (κ3) is 4.89. The van der Waals surface area contributed by atoms with Gasteiger partial charge in [-0.3, -0.25) is 0 Å². The van der Waals surface area contributed by atoms with Crippen molar-refractivity contribution in [1.82, 2.24) is 0 Å². The molecule has 0 aliphatic carbocycles. The van der Waals surface area contributed by atoms with E-state index in [1.54, 1.807) is 0 Å². The monoisotopic (exact) mass is 268 g/mol. The molecule has 1 nitrogen and oxygen atoms in total. The van der Waals surface area contributed by atoms with E-state index in [9.17, 15) is 5.11 Å². The van der Waals surface area contributed by atoms with Crippen molar-refractivity contribution >= 4 is 11.6 Å². The van der Waals surface area contributed by atoms with Gasteiger partial charge in [-0.05, 0) is 40.9 Å². The molecule has 1 aromatic rings. The lowest BCUT2D eigenvalue weighted by Crippen LogP contribution is -2.12. The highest BCUT2D eigenvalue weighted by Gasteiger charge is 2.18. The normalized spacial score (nSPS) is 12.8. The fourth-order valence-electron chi connectivity index (χ4n) is 2.14. The highest BCUT2D eigenvalue weighted by molar-refractivity contribution is 6.32. The molecular formula is C16H25ClO. The van der Waals surface area contributed by atoms with Crippen LogP contribution in [-0.2, 0) is 12.8 Å². The zero-order chi connectivity index (χ0) is 14.1. The number of phenols is 1. The van der Waals surface area contributed by atoms with E-state index in [0.717, 1.165) is 18.4 Å². The third-order valence-electron chi connectivity index (χ3n) is 2.66. The molecule has 0 amide bonds. The van der Waals surface area contributed by atoms with Crippen LogP contribution in [0.3, 0.4) is 0 Å². The SMILES string of the molecule is CC(C)(C)Cc1cc(Cl)c(O)c(CC(C)(C)C)c1. The summed E-state index contributed by atoms with van der Waals surface area (Å²) in [6, 6.07) is 3.98. The molecular weight excluding hydrogens is 244 g/mol. The van der Waals surface area contributed by atoms with E-state index >= 15 is 0 Å². The van der Waals surface area contributed by atoms with Crippen molar-refractivity contribution < 1.29 is 5.11 Å². The van der Waals surface area contributed by atoms with Gasteiger partial charge in [0.05, 0.1) is 5.02 Å². The number of benzene rings is 1. The van der Waals surface area contributed by atoms with Crippen LogP contribution in [0.4, 0.5) is 0 Å². The molecule has 0 atom stereocenters. The third-order valence-corrected chi connectivity index (χ3v) is 2.95. The summed E-state index contributed by atoms with van der Waals surface area (Å²) in [5.41, 5.74) is 2.51. The Hall–Kier alpha value is -0.690. The molecule has 18 heavy (non-hydrogen) atoms. The molecule has 0 saturated carbocycles. The van der Waals surface area contributed by atoms with Crippen LogP contribution in [0, 0.1) is 10.8 Å². The summed E-state index contributed by atoms with van der Waals surface area (Å²) in [7, 11) is 0. The maximum atomic E-state index is 10.1. The molecule has 0 unspecified atom stereocenters. The Morgan fingerprint density at radius 3 is 1.89 bits per heavy atom. The first-order chi connectivity index (χ1) is 7.98. The Balaban J connectivity index is 3.11. The maximum Gasteiger partial charge on any atom is 0.137 e. The van der Waals surface area contributed by atoms with Gasteiger partial charge in [-0.15, -0.1) is 0 Å². The minimum atomic E-state index is 0.140. The lowest BCUT2D eigenvalue weighted by Gasteiger charge is -2.22. The number of halogens is 1. The number of hydrogen-bond donors (Lipinski definition) is 1. The van der Waals surface area contributed by atoms with E-state index in [0.29, 0.717) is 5.02 Å². The average Bonchev–Trinajstić information content (AvgIpc) is 2.08. The number of phenolic OH excluding ortho intramolecular Hbond substituents is 1. The topological polar surface area (TPSA) is 20.2 Å². The van der Waals surface area contributed by atoms with E-state index < -0.39 is 0 Å². The van der Waals surface area contributed by atoms with Crippen molar-refractivity contribution in [3.8, 4) is 5.75 Å². The van der Waals surface area contributed by atoms with Gasteiger partial charge in [0.15, 0.2) is 0 Å². The number of aromatic hydroxyl groups is 1. The smallest absolute Gasteiger partial charge is 0.137 e. The average molecular weight is 269 g/mol. The largest absolute Gasteiger partial charge is 0.506 e. The fraction of sp³-hybridized carbons (Fsp3) is 0.625. The molecule has 0 aliphatic rings. The summed E-state index contributed by atoms with van der Waals surface area (Å²) in [4.78, 5) is 0. The van der Waals surface area contributed by atoms with Crippen LogP contribution in [0.2, 0.25) is 5.02 Å². The quantitative estimate of drug-likeness (QED) is 0.779. The molecule has 1 N–H and O–H groups in total. The van der Waals surface area contributed by atoms with Crippen LogP contribution >= 0.6 is 11.6 Å². The van der Waals surface area contributed by atoms with Gasteiger partial charge in [0.2, 0.25) is 0 Å². The summed E-state index contributed by atoms with van der Waals surface area (Å²) in [5.74, 6) is 0.240. The predicted molar refractivity (Wildman–Crippen MR) is 79.4 cm³/mol. The second-order valence-electron chi connectivity index (χ2n) is 7.56. The Bertz CT molecular complexity index is 422. The Kier molecular flexibility index (Phi) is 4.38. The highest BCUT2D eigenvalue weighted by Crippen LogP contribution is 2.35. The molecule has 0 spiro atoms. The van der Waals surface area contributed by atoms with Gasteiger partial charge in [-0.2, -0.15) is 0 Å². The fourth-order valence-corrected chi connectivity index (χ4v) is 2.40. The van der Waals surface area contributed by atoms with Crippen LogP contribution < -0.4 is 0 Å². The summed E-state index contributed by atoms with van der Waals surface area (Å²) in [6.07, 6.45) is 1.79. The van der Waals surface area contributed by atoms with Gasteiger partial charge >= 0.3 is 0 Å². The molecule has 0 aliphatic heterocycles. The molecule has 1 aromatic carbocycles. The summed E-state index contributed by atoms with van der Waals surface area (Å²) >= 11 is 6.13. The second-order valence-corrected chi connectivity index (χ2v) is 7.97. The maximum absolute atomic E-state index is 10.1. The lowest BCUT2D eigenvalue weighted by atomic mass is 9.84. The predicted octanol–water partition coefficient (Wildman–Crippen LogP) is 5.22. The van der Waals surface area contributed by atoms with Gasteiger partial charge in [-0.1, -0.05) is 59.2 Å². The molecule has 0 saturated heterocycles. The Morgan fingerprint density at radius 1 is 0.944 bits per heavy atom. The summed E-state index contributed by atoms with van der Waals surface area (Å²) in [6.45, 7) is 13.1. The highest BCUT2D eigenvalue weighted by atomic mass is 35.5. The van der Waals surface area contributed by atoms with Crippen LogP contribution in [-0.4, -0.2) is 5.11 Å². The van der Waals surface area contributed by atoms with Crippen LogP contribution in [0.15, 0.2) is 12.1 Å². The lowest BCUT2D eigenvalue weighted by molar-refractivity contribution is 0.391. The molecule has 102 valence electrons. The zero-order valence-corrected chi connectivity index (χ0v) is 13.2. The van der Waals surface area contributed by atoms with Crippen molar-refractivity contribution in [1.29, 1.82) is 0 Å². The van der Waals surface area contributed by atoms with Crippen LogP contribution in [0.25, 0.3) is 0 Å². The molecule has 0 bridgehead atoms. The molecule has 0 radical (unpaired) electrons. The summed E-state index contributed by atoms with van der Waals surface area (Å²) in [5, 5.41) is 10.5. The van der Waals surface area contributed by atoms with Gasteiger partial charge in [0.1, 0.15) is 5.75 Å². The number of rotatable bonds is 2. The Morgan fingerprint density at radius 2 is 1.44 bits per heavy atom. The van der Waals surface area contributed by atoms with E-state index in [2.05, 4.69) is 47.6 Å². The van der Waals surface area contributed by atoms with Crippen LogP contribution in [0.5, 0.6) is 5.75 Å². The van der Waals surface area contributed by atoms with E-state index in [4.69, 9.17) is 11.6 Å². The minimum Gasteiger partial charge on any atom is -0.506 e. The number of hydrogen-bond acceptors (Lipinski definition) is 1. The molecule has 0 heterocycles. The van der Waals surface area contributed by atoms with Crippen molar-refractivity contribution in [3.63, 3.8) is 0 Å². The van der Waals surface area contributed by atoms with E-state index in [1.165, 1.54) is 5.56 Å². The minimum absolute atomic E-state index is 0.140. The van der Waals surface area contributed by atoms with E-state index in [-0.39, 0.29) is 16.6 Å². The van der Waals surface area contributed by atoms with Crippen molar-refractivity contribution in [2.75, 3.05) is 0 Å². The second kappa shape index (κ2) is 5.13. The van der Waals surface area contributed by atoms with Gasteiger partial charge < -0.3 is 5.11 Å². The van der Waals surface area contributed by atoms with Gasteiger partial charge in [0.25, 0.3) is 0 Å².